The van der Waals surface area contributed by atoms with E-state index in [9.17, 15) is 9.90 Å². The van der Waals surface area contributed by atoms with Crippen LogP contribution in [0.1, 0.15) is 39.5 Å². The molecule has 1 N–H and O–H groups in total. The Hall–Kier alpha value is -3.18. The zero-order valence-corrected chi connectivity index (χ0v) is 16.6. The molecule has 2 aromatic carbocycles. The van der Waals surface area contributed by atoms with Gasteiger partial charge in [0.1, 0.15) is 5.75 Å². The number of hydrogen-bond donors (Lipinski definition) is 1. The molecule has 1 aliphatic heterocycles. The van der Waals surface area contributed by atoms with Crippen LogP contribution >= 0.6 is 0 Å². The van der Waals surface area contributed by atoms with Gasteiger partial charge >= 0.3 is 5.97 Å². The number of aromatic nitrogens is 1. The average molecular weight is 388 g/mol. The van der Waals surface area contributed by atoms with Crippen molar-refractivity contribution in [3.05, 3.63) is 83.2 Å². The van der Waals surface area contributed by atoms with E-state index in [0.717, 1.165) is 35.4 Å². The highest BCUT2D eigenvalue weighted by molar-refractivity contribution is 5.89. The highest BCUT2D eigenvalue weighted by Crippen LogP contribution is 2.39. The van der Waals surface area contributed by atoms with E-state index < -0.39 is 5.97 Å². The summed E-state index contributed by atoms with van der Waals surface area (Å²) in [4.78, 5) is 17.9. The second-order valence-electron chi connectivity index (χ2n) is 7.42. The number of hydrogen-bond acceptors (Lipinski definition) is 4. The lowest BCUT2D eigenvalue weighted by atomic mass is 9.94. The number of carboxylic acids is 1. The quantitative estimate of drug-likeness (QED) is 0.670. The Morgan fingerprint density at radius 3 is 2.86 bits per heavy atom. The van der Waals surface area contributed by atoms with Crippen molar-refractivity contribution in [2.45, 2.75) is 25.4 Å². The molecule has 0 saturated carbocycles. The third-order valence-corrected chi connectivity index (χ3v) is 5.69. The molecule has 1 atom stereocenters. The first kappa shape index (κ1) is 19.2. The van der Waals surface area contributed by atoms with Gasteiger partial charge in [0.25, 0.3) is 0 Å². The minimum Gasteiger partial charge on any atom is -0.496 e. The van der Waals surface area contributed by atoms with Gasteiger partial charge in [0.15, 0.2) is 0 Å². The lowest BCUT2D eigenvalue weighted by Gasteiger charge is -2.20. The fraction of sp³-hybridized carbons (Fsp3) is 0.250. The van der Waals surface area contributed by atoms with Crippen LogP contribution < -0.4 is 4.74 Å². The van der Waals surface area contributed by atoms with Crippen molar-refractivity contribution in [3.8, 4) is 16.9 Å². The van der Waals surface area contributed by atoms with Gasteiger partial charge in [-0.15, -0.1) is 0 Å². The Morgan fingerprint density at radius 1 is 1.24 bits per heavy atom. The Morgan fingerprint density at radius 2 is 2.07 bits per heavy atom. The summed E-state index contributed by atoms with van der Waals surface area (Å²) in [5, 5.41) is 9.40. The van der Waals surface area contributed by atoms with Crippen molar-refractivity contribution in [1.82, 2.24) is 9.88 Å². The summed E-state index contributed by atoms with van der Waals surface area (Å²) in [7, 11) is 3.81. The number of aromatic carboxylic acids is 1. The van der Waals surface area contributed by atoms with Crippen LogP contribution in [-0.2, 0) is 13.0 Å². The molecule has 0 saturated heterocycles. The highest BCUT2D eigenvalue weighted by Gasteiger charge is 2.28. The molecule has 0 spiro atoms. The monoisotopic (exact) mass is 388 g/mol. The van der Waals surface area contributed by atoms with E-state index in [2.05, 4.69) is 41.2 Å². The van der Waals surface area contributed by atoms with Gasteiger partial charge in [-0.25, -0.2) is 4.79 Å². The van der Waals surface area contributed by atoms with Crippen molar-refractivity contribution >= 4 is 5.97 Å². The molecule has 2 heterocycles. The van der Waals surface area contributed by atoms with E-state index in [1.807, 2.05) is 18.2 Å². The van der Waals surface area contributed by atoms with Gasteiger partial charge in [0, 0.05) is 30.5 Å². The number of aryl methyl sites for hydroxylation is 1. The van der Waals surface area contributed by atoms with Crippen molar-refractivity contribution in [1.29, 1.82) is 0 Å². The fourth-order valence-electron chi connectivity index (χ4n) is 4.24. The third kappa shape index (κ3) is 3.74. The summed E-state index contributed by atoms with van der Waals surface area (Å²) in [6.45, 7) is 0.877. The number of fused-ring (bicyclic) bond motifs is 1. The number of para-hydroxylation sites is 1. The summed E-state index contributed by atoms with van der Waals surface area (Å²) in [6.07, 6.45) is 4.73. The van der Waals surface area contributed by atoms with Crippen molar-refractivity contribution < 1.29 is 14.6 Å². The van der Waals surface area contributed by atoms with Crippen LogP contribution in [0.3, 0.4) is 0 Å². The van der Waals surface area contributed by atoms with Gasteiger partial charge in [-0.05, 0) is 60.3 Å². The maximum Gasteiger partial charge on any atom is 0.336 e. The van der Waals surface area contributed by atoms with Gasteiger partial charge < -0.3 is 9.84 Å². The molecule has 4 rings (SSSR count). The number of carbonyl (C=O) groups is 1. The van der Waals surface area contributed by atoms with E-state index in [0.29, 0.717) is 12.0 Å². The van der Waals surface area contributed by atoms with Gasteiger partial charge in [-0.3, -0.25) is 9.88 Å². The number of pyridine rings is 1. The topological polar surface area (TPSA) is 62.7 Å². The molecule has 0 amide bonds. The second-order valence-corrected chi connectivity index (χ2v) is 7.42. The number of benzene rings is 2. The average Bonchev–Trinajstić information content (AvgIpc) is 3.06. The first-order valence-corrected chi connectivity index (χ1v) is 9.71. The number of rotatable bonds is 6. The second kappa shape index (κ2) is 8.05. The maximum atomic E-state index is 11.5. The first-order valence-electron chi connectivity index (χ1n) is 9.71. The number of nitrogens with zero attached hydrogens (tertiary/aromatic N) is 2. The van der Waals surface area contributed by atoms with E-state index >= 15 is 0 Å². The maximum absolute atomic E-state index is 11.5. The molecule has 0 fully saturated rings. The standard InChI is InChI=1S/C24H24N2O3/c1-26-15-18-13-16(20-5-3-4-6-23(20)29-2)7-9-19(18)22(26)10-8-17-14-25-12-11-21(17)24(27)28/h3-7,9,11-14,22H,8,10,15H2,1-2H3,(H,27,28)/t22-/m1/s1. The molecule has 1 aromatic heterocycles. The lowest BCUT2D eigenvalue weighted by Crippen LogP contribution is -2.17. The van der Waals surface area contributed by atoms with Crippen molar-refractivity contribution in [2.24, 2.45) is 0 Å². The first-order chi connectivity index (χ1) is 14.1. The largest absolute Gasteiger partial charge is 0.496 e. The predicted molar refractivity (Wildman–Crippen MR) is 112 cm³/mol. The van der Waals surface area contributed by atoms with Crippen LogP contribution in [0.5, 0.6) is 5.75 Å². The Labute approximate surface area is 170 Å². The molecule has 0 aliphatic carbocycles. The Kier molecular flexibility index (Phi) is 5.32. The molecule has 5 heteroatoms. The van der Waals surface area contributed by atoms with Gasteiger partial charge in [0.2, 0.25) is 0 Å². The van der Waals surface area contributed by atoms with E-state index in [1.54, 1.807) is 19.4 Å². The SMILES string of the molecule is COc1ccccc1-c1ccc2c(c1)CN(C)[C@@H]2CCc1cnccc1C(=O)O. The predicted octanol–water partition coefficient (Wildman–Crippen LogP) is 4.57. The Bertz CT molecular complexity index is 1050. The molecule has 0 bridgehead atoms. The molecule has 3 aromatic rings. The molecule has 148 valence electrons. The zero-order chi connectivity index (χ0) is 20.4. The summed E-state index contributed by atoms with van der Waals surface area (Å²) < 4.78 is 5.52. The zero-order valence-electron chi connectivity index (χ0n) is 16.6. The molecule has 1 aliphatic rings. The fourth-order valence-corrected chi connectivity index (χ4v) is 4.24. The van der Waals surface area contributed by atoms with Crippen LogP contribution in [0, 0.1) is 0 Å². The van der Waals surface area contributed by atoms with Gasteiger partial charge in [0.05, 0.1) is 12.7 Å². The van der Waals surface area contributed by atoms with Crippen LogP contribution in [-0.4, -0.2) is 35.1 Å². The normalized spacial score (nSPS) is 15.9. The molecule has 5 nitrogen and oxygen atoms in total. The van der Waals surface area contributed by atoms with Gasteiger partial charge in [-0.1, -0.05) is 30.3 Å². The summed E-state index contributed by atoms with van der Waals surface area (Å²) in [5.41, 5.74) is 5.98. The molecule has 0 unspecified atom stereocenters. The van der Waals surface area contributed by atoms with Crippen molar-refractivity contribution in [2.75, 3.05) is 14.2 Å². The van der Waals surface area contributed by atoms with Crippen LogP contribution in [0.2, 0.25) is 0 Å². The number of carboxylic acid groups (broad SMARTS) is 1. The molecular formula is C24H24N2O3. The van der Waals surface area contributed by atoms with E-state index in [1.165, 1.54) is 17.3 Å². The molecule has 0 radical (unpaired) electrons. The van der Waals surface area contributed by atoms with Crippen molar-refractivity contribution in [3.63, 3.8) is 0 Å². The minimum atomic E-state index is -0.899. The minimum absolute atomic E-state index is 0.263. The number of ether oxygens (including phenoxy) is 1. The van der Waals surface area contributed by atoms with Gasteiger partial charge in [-0.2, -0.15) is 0 Å². The van der Waals surface area contributed by atoms with Crippen LogP contribution in [0.25, 0.3) is 11.1 Å². The summed E-state index contributed by atoms with van der Waals surface area (Å²) in [6, 6.07) is 16.5. The molecule has 29 heavy (non-hydrogen) atoms. The van der Waals surface area contributed by atoms with Crippen LogP contribution in [0.4, 0.5) is 0 Å². The molecular weight excluding hydrogens is 364 g/mol. The smallest absolute Gasteiger partial charge is 0.336 e. The Balaban J connectivity index is 1.58. The highest BCUT2D eigenvalue weighted by atomic mass is 16.5. The van der Waals surface area contributed by atoms with Crippen LogP contribution in [0.15, 0.2) is 60.9 Å². The third-order valence-electron chi connectivity index (χ3n) is 5.69. The van der Waals surface area contributed by atoms with E-state index in [4.69, 9.17) is 4.74 Å². The summed E-state index contributed by atoms with van der Waals surface area (Å²) >= 11 is 0. The van der Waals surface area contributed by atoms with E-state index in [-0.39, 0.29) is 6.04 Å². The number of methoxy groups -OCH3 is 1. The summed E-state index contributed by atoms with van der Waals surface area (Å²) in [5.74, 6) is -0.0304. The lowest BCUT2D eigenvalue weighted by molar-refractivity contribution is 0.0695.